The molecule has 0 radical (unpaired) electrons. The number of carbonyl (C=O) groups excluding carboxylic acids is 2. The summed E-state index contributed by atoms with van der Waals surface area (Å²) in [5.74, 6) is -2.14. The lowest BCUT2D eigenvalue weighted by Crippen LogP contribution is -2.45. The van der Waals surface area contributed by atoms with E-state index in [0.29, 0.717) is 36.4 Å². The van der Waals surface area contributed by atoms with E-state index in [1.807, 2.05) is 0 Å². The maximum atomic E-state index is 13.7. The van der Waals surface area contributed by atoms with Crippen LogP contribution in [0.3, 0.4) is 0 Å². The van der Waals surface area contributed by atoms with Gasteiger partial charge in [-0.1, -0.05) is 0 Å². The third kappa shape index (κ3) is 4.22. The summed E-state index contributed by atoms with van der Waals surface area (Å²) < 4.78 is 27.2. The minimum Gasteiger partial charge on any atom is -0.349 e. The molecule has 3 atom stereocenters. The van der Waals surface area contributed by atoms with Crippen LogP contribution >= 0.6 is 11.3 Å². The third-order valence-corrected chi connectivity index (χ3v) is 6.86. The molecule has 3 N–H and O–H groups in total. The highest BCUT2D eigenvalue weighted by Crippen LogP contribution is 2.37. The Balaban J connectivity index is 1.35. The number of rotatable bonds is 6. The van der Waals surface area contributed by atoms with Gasteiger partial charge >= 0.3 is 0 Å². The third-order valence-electron chi connectivity index (χ3n) is 6.09. The number of aromatic nitrogens is 1. The van der Waals surface area contributed by atoms with Gasteiger partial charge < -0.3 is 16.0 Å². The first-order valence-electron chi connectivity index (χ1n) is 10.1. The first kappa shape index (κ1) is 20.9. The average molecular weight is 435 g/mol. The van der Waals surface area contributed by atoms with Crippen molar-refractivity contribution in [2.24, 2.45) is 5.73 Å². The minimum absolute atomic E-state index is 0.0620. The lowest BCUT2D eigenvalue weighted by molar-refractivity contribution is -0.132. The van der Waals surface area contributed by atoms with Crippen LogP contribution in [-0.4, -0.2) is 46.9 Å². The zero-order chi connectivity index (χ0) is 21.3. The molecule has 4 rings (SSSR count). The number of nitrogens with one attached hydrogen (secondary N) is 1. The summed E-state index contributed by atoms with van der Waals surface area (Å²) in [5.41, 5.74) is 9.43. The van der Waals surface area contributed by atoms with Gasteiger partial charge in [-0.25, -0.2) is 8.78 Å². The fourth-order valence-corrected chi connectivity index (χ4v) is 5.08. The largest absolute Gasteiger partial charge is 0.349 e. The molecule has 1 saturated heterocycles. The Labute approximate surface area is 177 Å². The van der Waals surface area contributed by atoms with E-state index >= 15 is 0 Å². The van der Waals surface area contributed by atoms with Crippen molar-refractivity contribution < 1.29 is 18.4 Å². The smallest absolute Gasteiger partial charge is 0.263 e. The number of fused-ring (bicyclic) bond motifs is 1. The van der Waals surface area contributed by atoms with Gasteiger partial charge in [0.05, 0.1) is 11.7 Å². The molecule has 160 valence electrons. The number of benzene rings is 1. The molecule has 2 aliphatic rings. The quantitative estimate of drug-likeness (QED) is 0.732. The Kier molecular flexibility index (Phi) is 6.10. The van der Waals surface area contributed by atoms with Crippen LogP contribution in [0.2, 0.25) is 0 Å². The van der Waals surface area contributed by atoms with Gasteiger partial charge in [-0.05, 0) is 48.9 Å². The molecule has 2 heterocycles. The second-order valence-corrected chi connectivity index (χ2v) is 8.82. The lowest BCUT2D eigenvalue weighted by atomic mass is 9.91. The van der Waals surface area contributed by atoms with Crippen LogP contribution in [0.1, 0.15) is 52.4 Å². The molecule has 0 unspecified atom stereocenters. The highest BCUT2D eigenvalue weighted by atomic mass is 32.1. The van der Waals surface area contributed by atoms with Crippen molar-refractivity contribution in [3.63, 3.8) is 0 Å². The van der Waals surface area contributed by atoms with Crippen molar-refractivity contribution in [3.05, 3.63) is 51.5 Å². The summed E-state index contributed by atoms with van der Waals surface area (Å²) in [6.07, 6.45) is 4.67. The summed E-state index contributed by atoms with van der Waals surface area (Å²) in [4.78, 5) is 31.3. The van der Waals surface area contributed by atoms with Crippen molar-refractivity contribution >= 4 is 23.2 Å². The van der Waals surface area contributed by atoms with E-state index in [1.165, 1.54) is 29.7 Å². The van der Waals surface area contributed by atoms with Crippen LogP contribution in [0.15, 0.2) is 23.8 Å². The van der Waals surface area contributed by atoms with Crippen LogP contribution in [0.5, 0.6) is 0 Å². The van der Waals surface area contributed by atoms with Gasteiger partial charge in [0, 0.05) is 37.5 Å². The topological polar surface area (TPSA) is 88.3 Å². The van der Waals surface area contributed by atoms with Gasteiger partial charge in [0.15, 0.2) is 11.6 Å². The molecular formula is C21H24F2N4O2S. The Morgan fingerprint density at radius 2 is 2.10 bits per heavy atom. The van der Waals surface area contributed by atoms with E-state index in [-0.39, 0.29) is 30.2 Å². The van der Waals surface area contributed by atoms with Gasteiger partial charge in [-0.3, -0.25) is 14.6 Å². The van der Waals surface area contributed by atoms with E-state index in [2.05, 4.69) is 10.3 Å². The van der Waals surface area contributed by atoms with Crippen molar-refractivity contribution in [2.75, 3.05) is 13.1 Å². The number of aryl methyl sites for hydroxylation is 1. The molecule has 1 aliphatic heterocycles. The molecule has 9 heteroatoms. The number of carbonyl (C=O) groups is 2. The van der Waals surface area contributed by atoms with E-state index < -0.39 is 17.7 Å². The average Bonchev–Trinajstić information content (AvgIpc) is 3.47. The molecule has 1 fully saturated rings. The lowest BCUT2D eigenvalue weighted by Gasteiger charge is -2.28. The number of halogens is 2. The van der Waals surface area contributed by atoms with E-state index in [0.717, 1.165) is 18.4 Å². The van der Waals surface area contributed by atoms with Crippen molar-refractivity contribution in [1.82, 2.24) is 15.2 Å². The van der Waals surface area contributed by atoms with Gasteiger partial charge in [0.2, 0.25) is 5.91 Å². The zero-order valence-electron chi connectivity index (χ0n) is 16.4. The molecule has 2 aromatic rings. The summed E-state index contributed by atoms with van der Waals surface area (Å²) in [6, 6.07) is 1.93. The number of hydrogen-bond acceptors (Lipinski definition) is 5. The summed E-state index contributed by atoms with van der Waals surface area (Å²) in [5, 5.41) is 2.87. The van der Waals surface area contributed by atoms with E-state index in [4.69, 9.17) is 5.73 Å². The van der Waals surface area contributed by atoms with E-state index in [9.17, 15) is 18.4 Å². The SMILES string of the molecule is N[C@@H](CC(=O)N1CCC[C@H]1CNC(=O)c1cncs1)[C@H]1CCc2cc(F)c(F)cc21. The number of thiazole rings is 1. The van der Waals surface area contributed by atoms with Crippen LogP contribution in [0, 0.1) is 11.6 Å². The molecule has 1 aliphatic carbocycles. The Morgan fingerprint density at radius 1 is 1.30 bits per heavy atom. The van der Waals surface area contributed by atoms with Gasteiger partial charge in [-0.15, -0.1) is 11.3 Å². The Bertz CT molecular complexity index is 937. The van der Waals surface area contributed by atoms with Gasteiger partial charge in [0.25, 0.3) is 5.91 Å². The molecule has 0 spiro atoms. The Morgan fingerprint density at radius 3 is 2.87 bits per heavy atom. The van der Waals surface area contributed by atoms with Crippen LogP contribution in [-0.2, 0) is 11.2 Å². The summed E-state index contributed by atoms with van der Waals surface area (Å²) in [6.45, 7) is 1.02. The maximum absolute atomic E-state index is 13.7. The second-order valence-electron chi connectivity index (χ2n) is 7.94. The number of likely N-dealkylation sites (tertiary alicyclic amines) is 1. The number of nitrogens with zero attached hydrogens (tertiary/aromatic N) is 2. The van der Waals surface area contributed by atoms with Gasteiger partial charge in [0.1, 0.15) is 4.88 Å². The van der Waals surface area contributed by atoms with Crippen molar-refractivity contribution in [2.45, 2.75) is 50.1 Å². The molecule has 0 bridgehead atoms. The molecular weight excluding hydrogens is 410 g/mol. The first-order chi connectivity index (χ1) is 14.4. The highest BCUT2D eigenvalue weighted by molar-refractivity contribution is 7.11. The Hall–Kier alpha value is -2.39. The predicted octanol–water partition coefficient (Wildman–Crippen LogP) is 2.59. The van der Waals surface area contributed by atoms with Crippen LogP contribution < -0.4 is 11.1 Å². The van der Waals surface area contributed by atoms with Gasteiger partial charge in [-0.2, -0.15) is 0 Å². The monoisotopic (exact) mass is 434 g/mol. The number of amides is 2. The predicted molar refractivity (Wildman–Crippen MR) is 109 cm³/mol. The zero-order valence-corrected chi connectivity index (χ0v) is 17.3. The first-order valence-corrected chi connectivity index (χ1v) is 11.0. The second kappa shape index (κ2) is 8.77. The number of nitrogens with two attached hydrogens (primary N) is 1. The fraction of sp³-hybridized carbons (Fsp3) is 0.476. The van der Waals surface area contributed by atoms with Crippen LogP contribution in [0.4, 0.5) is 8.78 Å². The summed E-state index contributed by atoms with van der Waals surface area (Å²) in [7, 11) is 0. The minimum atomic E-state index is -0.879. The molecule has 0 saturated carbocycles. The molecule has 6 nitrogen and oxygen atoms in total. The molecule has 1 aromatic carbocycles. The molecule has 30 heavy (non-hydrogen) atoms. The normalized spacial score (nSPS) is 21.5. The summed E-state index contributed by atoms with van der Waals surface area (Å²) >= 11 is 1.27. The standard InChI is InChI=1S/C21H24F2N4O2S/c22-16-6-12-3-4-14(15(12)7-17(16)23)18(24)8-20(28)27-5-1-2-13(27)9-26-21(29)19-10-25-11-30-19/h6-7,10-11,13-14,18H,1-5,8-9,24H2,(H,26,29)/t13-,14-,18-/m0/s1. The molecule has 1 aromatic heterocycles. The van der Waals surface area contributed by atoms with Crippen molar-refractivity contribution in [1.29, 1.82) is 0 Å². The van der Waals surface area contributed by atoms with Crippen LogP contribution in [0.25, 0.3) is 0 Å². The fourth-order valence-electron chi connectivity index (χ4n) is 4.54. The van der Waals surface area contributed by atoms with E-state index in [1.54, 1.807) is 10.4 Å². The number of hydrogen-bond donors (Lipinski definition) is 2. The molecule has 2 amide bonds. The maximum Gasteiger partial charge on any atom is 0.263 e. The van der Waals surface area contributed by atoms with Crippen molar-refractivity contribution in [3.8, 4) is 0 Å². The highest BCUT2D eigenvalue weighted by Gasteiger charge is 2.34.